The van der Waals surface area contributed by atoms with Gasteiger partial charge in [-0.2, -0.15) is 0 Å². The van der Waals surface area contributed by atoms with Gasteiger partial charge in [0, 0.05) is 5.41 Å². The maximum atomic E-state index is 2.41. The molecule has 0 nitrogen and oxygen atoms in total. The number of rotatable bonds is 5. The molecule has 0 bridgehead atoms. The zero-order chi connectivity index (χ0) is 53.0. The fraction of sp³-hybridized carbons (Fsp3) is 0.189. The van der Waals surface area contributed by atoms with E-state index in [4.69, 9.17) is 0 Å². The van der Waals surface area contributed by atoms with Crippen molar-refractivity contribution in [1.82, 2.24) is 0 Å². The van der Waals surface area contributed by atoms with Crippen LogP contribution in [0, 0.1) is 41.5 Å². The van der Waals surface area contributed by atoms with E-state index in [1.807, 2.05) is 44.2 Å². The topological polar surface area (TPSA) is 0 Å². The molecule has 0 aliphatic heterocycles. The van der Waals surface area contributed by atoms with Gasteiger partial charge in [0.2, 0.25) is 0 Å². The molecule has 0 heterocycles. The summed E-state index contributed by atoms with van der Waals surface area (Å²) in [6.45, 7) is 25.8. The zero-order valence-electron chi connectivity index (χ0n) is 46.3. The molecule has 10 aromatic rings. The maximum Gasteiger partial charge on any atom is 0.0159 e. The number of hydrogen-bond acceptors (Lipinski definition) is 0. The second-order valence-corrected chi connectivity index (χ2v) is 19.7. The average Bonchev–Trinajstić information content (AvgIpc) is 3.65. The molecule has 0 saturated heterocycles. The van der Waals surface area contributed by atoms with Crippen LogP contribution in [0.5, 0.6) is 0 Å². The first-order valence-corrected chi connectivity index (χ1v) is 26.7. The first kappa shape index (κ1) is 55.5. The van der Waals surface area contributed by atoms with Crippen LogP contribution in [0.15, 0.2) is 243 Å². The van der Waals surface area contributed by atoms with Gasteiger partial charge in [-0.05, 0) is 149 Å². The summed E-state index contributed by atoms with van der Waals surface area (Å²) in [6.07, 6.45) is 1.25. The molecule has 10 aromatic carbocycles. The molecule has 0 spiro atoms. The predicted octanol–water partition coefficient (Wildman–Crippen LogP) is 21.7. The van der Waals surface area contributed by atoms with Crippen LogP contribution in [0.25, 0.3) is 66.8 Å². The Kier molecular flexibility index (Phi) is 20.5. The maximum absolute atomic E-state index is 2.41. The van der Waals surface area contributed by atoms with Crippen LogP contribution in [-0.2, 0) is 5.41 Å². The molecule has 0 N–H and O–H groups in total. The Morgan fingerprint density at radius 2 is 0.595 bits per heavy atom. The van der Waals surface area contributed by atoms with E-state index in [2.05, 4.69) is 282 Å². The van der Waals surface area contributed by atoms with Gasteiger partial charge < -0.3 is 0 Å². The third-order valence-electron chi connectivity index (χ3n) is 13.3. The van der Waals surface area contributed by atoms with Gasteiger partial charge in [0.05, 0.1) is 0 Å². The van der Waals surface area contributed by atoms with Crippen LogP contribution >= 0.6 is 0 Å². The average molecular weight is 967 g/mol. The Bertz CT molecular complexity index is 3180. The smallest absolute Gasteiger partial charge is 0.0159 e. The molecule has 374 valence electrons. The summed E-state index contributed by atoms with van der Waals surface area (Å²) >= 11 is 0. The third kappa shape index (κ3) is 14.7. The van der Waals surface area contributed by atoms with Crippen LogP contribution < -0.4 is 0 Å². The highest BCUT2D eigenvalue weighted by Crippen LogP contribution is 2.50. The fourth-order valence-corrected chi connectivity index (χ4v) is 9.16. The van der Waals surface area contributed by atoms with Gasteiger partial charge in [-0.3, -0.25) is 0 Å². The van der Waals surface area contributed by atoms with Gasteiger partial charge in [-0.25, -0.2) is 0 Å². The van der Waals surface area contributed by atoms with Crippen LogP contribution in [0.4, 0.5) is 0 Å². The number of aryl methyl sites for hydroxylation is 6. The molecule has 1 aliphatic rings. The Labute approximate surface area is 446 Å². The minimum atomic E-state index is 0.00368. The molecule has 0 heteroatoms. The van der Waals surface area contributed by atoms with Gasteiger partial charge in [0.15, 0.2) is 0 Å². The molecular weight excluding hydrogens is 889 g/mol. The Hall–Kier alpha value is -7.80. The van der Waals surface area contributed by atoms with Crippen molar-refractivity contribution in [3.63, 3.8) is 0 Å². The lowest BCUT2D eigenvalue weighted by molar-refractivity contribution is 0.660. The quantitative estimate of drug-likeness (QED) is 0.161. The Balaban J connectivity index is 0.000000190. The van der Waals surface area contributed by atoms with Crippen molar-refractivity contribution in [2.75, 3.05) is 0 Å². The highest BCUT2D eigenvalue weighted by atomic mass is 14.4. The summed E-state index contributed by atoms with van der Waals surface area (Å²) in [5.74, 6) is 0. The summed E-state index contributed by atoms with van der Waals surface area (Å²) in [5, 5.41) is 0. The first-order chi connectivity index (χ1) is 35.9. The molecule has 11 rings (SSSR count). The molecule has 0 fully saturated rings. The lowest BCUT2D eigenvalue weighted by atomic mass is 9.81. The van der Waals surface area contributed by atoms with Crippen molar-refractivity contribution in [3.05, 3.63) is 287 Å². The number of fused-ring (bicyclic) bond motifs is 3. The van der Waals surface area contributed by atoms with Crippen molar-refractivity contribution in [1.29, 1.82) is 0 Å². The van der Waals surface area contributed by atoms with Gasteiger partial charge in [-0.15, -0.1) is 0 Å². The molecule has 0 unspecified atom stereocenters. The predicted molar refractivity (Wildman–Crippen MR) is 326 cm³/mol. The number of benzene rings is 10. The SMILES string of the molecule is CC.CCC.Cc1ccc(-c2ccccc2)cc1.Cc1ccc(-c2ccccc2)cc1.Cc1ccc2c(c1)C(C)(C)c1cc(-c3cccc(-c4ccc(C)c(-c5ccccc5C)c4)c3)ccc1-2.Cc1ccccc1. The largest absolute Gasteiger partial charge is 0.0683 e. The van der Waals surface area contributed by atoms with Crippen LogP contribution in [0.2, 0.25) is 0 Å². The summed E-state index contributed by atoms with van der Waals surface area (Å²) in [6, 6.07) is 86.7. The van der Waals surface area contributed by atoms with Crippen molar-refractivity contribution in [3.8, 4) is 66.8 Å². The van der Waals surface area contributed by atoms with Crippen molar-refractivity contribution < 1.29 is 0 Å². The van der Waals surface area contributed by atoms with E-state index < -0.39 is 0 Å². The van der Waals surface area contributed by atoms with E-state index in [0.717, 1.165) is 0 Å². The van der Waals surface area contributed by atoms with Gasteiger partial charge in [-0.1, -0.05) is 295 Å². The van der Waals surface area contributed by atoms with Crippen LogP contribution in [0.1, 0.15) is 92.5 Å². The zero-order valence-corrected chi connectivity index (χ0v) is 46.3. The normalized spacial score (nSPS) is 11.1. The molecule has 0 atom stereocenters. The summed E-state index contributed by atoms with van der Waals surface area (Å²) in [5.41, 5.74) is 26.3. The second kappa shape index (κ2) is 27.3. The lowest BCUT2D eigenvalue weighted by Gasteiger charge is -2.22. The van der Waals surface area contributed by atoms with E-state index in [-0.39, 0.29) is 5.41 Å². The van der Waals surface area contributed by atoms with Gasteiger partial charge in [0.25, 0.3) is 0 Å². The molecular formula is C74H78. The molecule has 74 heavy (non-hydrogen) atoms. The Morgan fingerprint density at radius 3 is 1.08 bits per heavy atom. The van der Waals surface area contributed by atoms with Crippen molar-refractivity contribution in [2.45, 2.75) is 94.9 Å². The molecule has 0 radical (unpaired) electrons. The van der Waals surface area contributed by atoms with Gasteiger partial charge in [0.1, 0.15) is 0 Å². The third-order valence-corrected chi connectivity index (χ3v) is 13.3. The summed E-state index contributed by atoms with van der Waals surface area (Å²) < 4.78 is 0. The van der Waals surface area contributed by atoms with Crippen molar-refractivity contribution in [2.24, 2.45) is 0 Å². The van der Waals surface area contributed by atoms with E-state index >= 15 is 0 Å². The first-order valence-electron chi connectivity index (χ1n) is 26.7. The number of hydrogen-bond donors (Lipinski definition) is 0. The molecule has 0 amide bonds. The fourth-order valence-electron chi connectivity index (χ4n) is 9.16. The van der Waals surface area contributed by atoms with E-state index in [1.54, 1.807) is 0 Å². The van der Waals surface area contributed by atoms with Crippen LogP contribution in [-0.4, -0.2) is 0 Å². The van der Waals surface area contributed by atoms with Gasteiger partial charge >= 0.3 is 0 Å². The van der Waals surface area contributed by atoms with E-state index in [1.165, 1.54) is 118 Å². The highest BCUT2D eigenvalue weighted by Gasteiger charge is 2.35. The Morgan fingerprint density at radius 1 is 0.257 bits per heavy atom. The standard InChI is InChI=1S/C36H32.2C13H12.C7H8.C3H8.C2H6/c1-23-13-17-31-32-18-16-29(22-35(32)36(4,5)34(31)19-23)27-11-8-10-26(20-27)28-15-14-25(3)33(21-28)30-12-7-6-9-24(30)2;2*1-11-7-9-13(10-8-11)12-5-3-2-4-6-12;1-7-5-3-2-4-6-7;1-3-2;1-2/h6-22H,1-5H3;2*2-10H,1H3;2-6H,1H3;3H2,1-2H3;1-2H3. The lowest BCUT2D eigenvalue weighted by Crippen LogP contribution is -2.15. The monoisotopic (exact) mass is 967 g/mol. The highest BCUT2D eigenvalue weighted by molar-refractivity contribution is 5.85. The minimum absolute atomic E-state index is 0.00368. The minimum Gasteiger partial charge on any atom is -0.0683 e. The van der Waals surface area contributed by atoms with Crippen LogP contribution in [0.3, 0.4) is 0 Å². The molecule has 1 aliphatic carbocycles. The van der Waals surface area contributed by atoms with E-state index in [9.17, 15) is 0 Å². The molecule has 0 aromatic heterocycles. The van der Waals surface area contributed by atoms with E-state index in [0.29, 0.717) is 0 Å². The summed E-state index contributed by atoms with van der Waals surface area (Å²) in [7, 11) is 0. The van der Waals surface area contributed by atoms with Crippen molar-refractivity contribution >= 4 is 0 Å². The summed E-state index contributed by atoms with van der Waals surface area (Å²) in [4.78, 5) is 0. The second-order valence-electron chi connectivity index (χ2n) is 19.7. The molecule has 0 saturated carbocycles.